The van der Waals surface area contributed by atoms with Crippen molar-refractivity contribution >= 4 is 17.7 Å². The highest BCUT2D eigenvalue weighted by Crippen LogP contribution is 2.16. The van der Waals surface area contributed by atoms with Crippen LogP contribution in [0, 0.1) is 5.82 Å². The maximum absolute atomic E-state index is 13.7. The van der Waals surface area contributed by atoms with Crippen molar-refractivity contribution in [2.45, 2.75) is 18.2 Å². The number of amides is 1. The van der Waals surface area contributed by atoms with E-state index in [2.05, 4.69) is 15.5 Å². The molecule has 0 fully saturated rings. The molecule has 1 heterocycles. The molecule has 0 unspecified atom stereocenters. The highest BCUT2D eigenvalue weighted by molar-refractivity contribution is 7.99. The summed E-state index contributed by atoms with van der Waals surface area (Å²) in [6.45, 7) is 0.760. The average molecular weight is 371 g/mol. The van der Waals surface area contributed by atoms with E-state index in [4.69, 9.17) is 0 Å². The zero-order valence-electron chi connectivity index (χ0n) is 14.2. The summed E-state index contributed by atoms with van der Waals surface area (Å²) in [5.74, 6) is -0.251. The fraction of sp³-hybridized carbons (Fsp3) is 0.222. The lowest BCUT2D eigenvalue weighted by Crippen LogP contribution is -2.28. The lowest BCUT2D eigenvalue weighted by Gasteiger charge is -2.17. The molecule has 134 valence electrons. The zero-order valence-corrected chi connectivity index (χ0v) is 15.1. The van der Waals surface area contributed by atoms with Gasteiger partial charge in [-0.05, 0) is 22.1 Å². The van der Waals surface area contributed by atoms with E-state index in [1.807, 2.05) is 30.3 Å². The van der Waals surface area contributed by atoms with E-state index >= 15 is 0 Å². The summed E-state index contributed by atoms with van der Waals surface area (Å²) in [4.78, 5) is 13.8. The molecule has 26 heavy (non-hydrogen) atoms. The first-order valence-corrected chi connectivity index (χ1v) is 9.02. The van der Waals surface area contributed by atoms with Crippen LogP contribution in [0.25, 0.3) is 0 Å². The molecule has 0 atom stereocenters. The van der Waals surface area contributed by atoms with E-state index in [0.29, 0.717) is 17.3 Å². The van der Waals surface area contributed by atoms with E-state index < -0.39 is 0 Å². The Morgan fingerprint density at radius 1 is 1.15 bits per heavy atom. The summed E-state index contributed by atoms with van der Waals surface area (Å²) in [6.07, 6.45) is 0. The van der Waals surface area contributed by atoms with E-state index in [1.54, 1.807) is 29.9 Å². The summed E-state index contributed by atoms with van der Waals surface area (Å²) in [5, 5.41) is 12.2. The number of aromatic nitrogens is 4. The Kier molecular flexibility index (Phi) is 5.96. The molecule has 0 saturated carbocycles. The van der Waals surface area contributed by atoms with Gasteiger partial charge in [0.2, 0.25) is 11.1 Å². The number of carbonyl (C=O) groups excluding carboxylic acids is 1. The van der Waals surface area contributed by atoms with Gasteiger partial charge in [-0.3, -0.25) is 4.79 Å². The number of thioether (sulfide) groups is 1. The number of halogens is 1. The monoisotopic (exact) mass is 371 g/mol. The number of hydrogen-bond donors (Lipinski definition) is 0. The molecule has 0 aliphatic carbocycles. The molecule has 0 radical (unpaired) electrons. The molecule has 0 aliphatic rings. The third-order valence-electron chi connectivity index (χ3n) is 3.79. The Hall–Kier alpha value is -2.74. The number of benzene rings is 2. The molecule has 0 bridgehead atoms. The predicted octanol–water partition coefficient (Wildman–Crippen LogP) is 2.61. The van der Waals surface area contributed by atoms with E-state index in [0.717, 1.165) is 5.56 Å². The maximum atomic E-state index is 13.7. The molecule has 2 aromatic carbocycles. The van der Waals surface area contributed by atoms with Gasteiger partial charge in [-0.15, -0.1) is 5.10 Å². The van der Waals surface area contributed by atoms with E-state index in [-0.39, 0.29) is 24.0 Å². The van der Waals surface area contributed by atoms with Crippen LogP contribution >= 0.6 is 11.8 Å². The molecule has 1 aromatic heterocycles. The van der Waals surface area contributed by atoms with E-state index in [1.165, 1.54) is 22.7 Å². The van der Waals surface area contributed by atoms with Crippen molar-refractivity contribution in [3.63, 3.8) is 0 Å². The molecule has 3 aromatic rings. The Morgan fingerprint density at radius 3 is 2.65 bits per heavy atom. The Morgan fingerprint density at radius 2 is 1.88 bits per heavy atom. The van der Waals surface area contributed by atoms with Crippen LogP contribution in [0.4, 0.5) is 4.39 Å². The van der Waals surface area contributed by atoms with Gasteiger partial charge in [0.05, 0.1) is 12.3 Å². The topological polar surface area (TPSA) is 63.9 Å². The first-order chi connectivity index (χ1) is 12.6. The highest BCUT2D eigenvalue weighted by Gasteiger charge is 2.15. The van der Waals surface area contributed by atoms with Crippen molar-refractivity contribution in [3.8, 4) is 0 Å². The molecule has 0 aliphatic heterocycles. The fourth-order valence-corrected chi connectivity index (χ4v) is 3.18. The first kappa shape index (κ1) is 18.1. The van der Waals surface area contributed by atoms with Crippen molar-refractivity contribution in [3.05, 3.63) is 71.5 Å². The van der Waals surface area contributed by atoms with Crippen molar-refractivity contribution in [2.24, 2.45) is 0 Å². The van der Waals surface area contributed by atoms with Crippen LogP contribution in [0.3, 0.4) is 0 Å². The van der Waals surface area contributed by atoms with Gasteiger partial charge in [0.25, 0.3) is 0 Å². The van der Waals surface area contributed by atoms with Gasteiger partial charge >= 0.3 is 0 Å². The quantitative estimate of drug-likeness (QED) is 0.598. The van der Waals surface area contributed by atoms with Gasteiger partial charge in [0.1, 0.15) is 5.82 Å². The minimum absolute atomic E-state index is 0.118. The summed E-state index contributed by atoms with van der Waals surface area (Å²) in [5.41, 5.74) is 1.56. The maximum Gasteiger partial charge on any atom is 0.233 e. The second-order valence-corrected chi connectivity index (χ2v) is 6.68. The summed E-state index contributed by atoms with van der Waals surface area (Å²) in [6, 6.07) is 16.3. The lowest BCUT2D eigenvalue weighted by atomic mass is 10.2. The van der Waals surface area contributed by atoms with Crippen LogP contribution in [-0.2, 0) is 17.9 Å². The van der Waals surface area contributed by atoms with Gasteiger partial charge in [-0.1, -0.05) is 60.3 Å². The minimum Gasteiger partial charge on any atom is -0.341 e. The fourth-order valence-electron chi connectivity index (χ4n) is 2.36. The molecule has 8 heteroatoms. The number of nitrogens with zero attached hydrogens (tertiary/aromatic N) is 5. The van der Waals surface area contributed by atoms with Crippen LogP contribution in [0.2, 0.25) is 0 Å². The second-order valence-electron chi connectivity index (χ2n) is 5.73. The largest absolute Gasteiger partial charge is 0.341 e. The van der Waals surface area contributed by atoms with Crippen LogP contribution in [0.5, 0.6) is 0 Å². The normalized spacial score (nSPS) is 10.7. The van der Waals surface area contributed by atoms with E-state index in [9.17, 15) is 9.18 Å². The molecule has 0 saturated heterocycles. The van der Waals surface area contributed by atoms with Crippen molar-refractivity contribution in [1.82, 2.24) is 25.1 Å². The Balaban J connectivity index is 1.56. The molecular weight excluding hydrogens is 353 g/mol. The Labute approximate surface area is 155 Å². The zero-order chi connectivity index (χ0) is 18.4. The van der Waals surface area contributed by atoms with Crippen LogP contribution in [0.1, 0.15) is 11.1 Å². The summed E-state index contributed by atoms with van der Waals surface area (Å²) in [7, 11) is 1.66. The molecule has 0 spiro atoms. The van der Waals surface area contributed by atoms with Crippen molar-refractivity contribution in [1.29, 1.82) is 0 Å². The number of hydrogen-bond acceptors (Lipinski definition) is 5. The van der Waals surface area contributed by atoms with Gasteiger partial charge in [0, 0.05) is 19.2 Å². The molecule has 1 amide bonds. The molecular formula is C18H18FN5OS. The van der Waals surface area contributed by atoms with Gasteiger partial charge in [0.15, 0.2) is 0 Å². The minimum atomic E-state index is -0.313. The summed E-state index contributed by atoms with van der Waals surface area (Å²) < 4.78 is 15.4. The molecule has 3 rings (SSSR count). The van der Waals surface area contributed by atoms with Crippen molar-refractivity contribution < 1.29 is 9.18 Å². The number of rotatable bonds is 7. The lowest BCUT2D eigenvalue weighted by molar-refractivity contribution is -0.127. The van der Waals surface area contributed by atoms with Gasteiger partial charge in [-0.2, -0.15) is 0 Å². The molecule has 6 nitrogen and oxygen atoms in total. The highest BCUT2D eigenvalue weighted by atomic mass is 32.2. The average Bonchev–Trinajstić information content (AvgIpc) is 3.09. The molecule has 0 N–H and O–H groups in total. The first-order valence-electron chi connectivity index (χ1n) is 8.04. The van der Waals surface area contributed by atoms with Crippen LogP contribution in [-0.4, -0.2) is 43.8 Å². The smallest absolute Gasteiger partial charge is 0.233 e. The van der Waals surface area contributed by atoms with Crippen LogP contribution < -0.4 is 0 Å². The van der Waals surface area contributed by atoms with Crippen molar-refractivity contribution in [2.75, 3.05) is 12.8 Å². The Bertz CT molecular complexity index is 871. The number of carbonyl (C=O) groups is 1. The van der Waals surface area contributed by atoms with Crippen LogP contribution in [0.15, 0.2) is 59.8 Å². The third-order valence-corrected chi connectivity index (χ3v) is 4.73. The number of tetrazole rings is 1. The van der Waals surface area contributed by atoms with Gasteiger partial charge < -0.3 is 4.90 Å². The summed E-state index contributed by atoms with van der Waals surface area (Å²) >= 11 is 1.27. The predicted molar refractivity (Wildman–Crippen MR) is 97.0 cm³/mol. The third kappa shape index (κ3) is 4.66. The standard InChI is InChI=1S/C18H18FN5OS/c1-23(12-15-9-5-6-10-16(15)19)17(25)13-26-18-20-21-22-24(18)11-14-7-3-2-4-8-14/h2-10H,11-13H2,1H3. The second kappa shape index (κ2) is 8.57. The SMILES string of the molecule is CN(Cc1ccccc1F)C(=O)CSc1nnnn1Cc1ccccc1. The van der Waals surface area contributed by atoms with Gasteiger partial charge in [-0.25, -0.2) is 9.07 Å².